The highest BCUT2D eigenvalue weighted by Gasteiger charge is 2.37. The summed E-state index contributed by atoms with van der Waals surface area (Å²) in [6.07, 6.45) is 13.3. The number of benzene rings is 1. The van der Waals surface area contributed by atoms with Crippen molar-refractivity contribution in [1.82, 2.24) is 10.1 Å². The van der Waals surface area contributed by atoms with Gasteiger partial charge in [0.15, 0.2) is 5.13 Å². The molecule has 2 fully saturated rings. The molecule has 0 bridgehead atoms. The summed E-state index contributed by atoms with van der Waals surface area (Å²) in [5.41, 5.74) is 8.42. The zero-order chi connectivity index (χ0) is 28.8. The Kier molecular flexibility index (Phi) is 10.7. The Hall–Kier alpha value is -2.39. The van der Waals surface area contributed by atoms with Crippen molar-refractivity contribution in [3.8, 4) is 0 Å². The van der Waals surface area contributed by atoms with Crippen LogP contribution >= 0.6 is 34.5 Å². The second-order valence-corrected chi connectivity index (χ2v) is 12.0. The van der Waals surface area contributed by atoms with Crippen LogP contribution in [0.25, 0.3) is 10.2 Å². The lowest BCUT2D eigenvalue weighted by atomic mass is 9.92. The minimum Gasteiger partial charge on any atom is -0.478 e. The molecule has 2 heterocycles. The van der Waals surface area contributed by atoms with Gasteiger partial charge in [-0.05, 0) is 55.9 Å². The van der Waals surface area contributed by atoms with Gasteiger partial charge in [0.2, 0.25) is 0 Å². The molecule has 0 saturated heterocycles. The molecule has 3 aliphatic carbocycles. The molecule has 216 valence electrons. The summed E-state index contributed by atoms with van der Waals surface area (Å²) in [5.74, 6) is 1.07. The summed E-state index contributed by atoms with van der Waals surface area (Å²) in [6, 6.07) is 4.75. The molecule has 3 aromatic rings. The first-order chi connectivity index (χ1) is 19.4. The fraction of sp³-hybridized carbons (Fsp3) is 0.500. The van der Waals surface area contributed by atoms with Crippen molar-refractivity contribution in [1.29, 1.82) is 0 Å². The average molecular weight is 607 g/mol. The van der Waals surface area contributed by atoms with Gasteiger partial charge in [-0.2, -0.15) is 0 Å². The number of nitrogens with zero attached hydrogens (tertiary/aromatic N) is 2. The minimum atomic E-state index is -0.936. The van der Waals surface area contributed by atoms with Gasteiger partial charge >= 0.3 is 5.97 Å². The van der Waals surface area contributed by atoms with E-state index >= 15 is 0 Å². The molecule has 4 unspecified atom stereocenters. The zero-order valence-corrected chi connectivity index (χ0v) is 25.4. The molecule has 0 spiro atoms. The number of nitrogens with two attached hydrogens (primary N) is 1. The Balaban J connectivity index is 0.000000207. The summed E-state index contributed by atoms with van der Waals surface area (Å²) >= 11 is 14.3. The number of carboxylic acids is 1. The van der Waals surface area contributed by atoms with E-state index in [4.69, 9.17) is 43.3 Å². The van der Waals surface area contributed by atoms with Crippen LogP contribution in [0.15, 0.2) is 46.0 Å². The van der Waals surface area contributed by atoms with E-state index in [1.54, 1.807) is 12.1 Å². The van der Waals surface area contributed by atoms with Gasteiger partial charge in [-0.1, -0.05) is 73.9 Å². The second kappa shape index (κ2) is 14.0. The first kappa shape index (κ1) is 30.6. The third-order valence-corrected chi connectivity index (χ3v) is 9.07. The largest absolute Gasteiger partial charge is 0.478 e. The number of anilines is 1. The lowest BCUT2D eigenvalue weighted by molar-refractivity contribution is 0.0140. The SMILES string of the molecule is CC.CCC1CCCC1OCc1c(C2C(Cl)=CC=CC2Cl)noc1C1CC1.Nc1nc2ccc(C(=O)O)cc2s1. The van der Waals surface area contributed by atoms with Gasteiger partial charge in [-0.3, -0.25) is 0 Å². The molecule has 7 nitrogen and oxygen atoms in total. The summed E-state index contributed by atoms with van der Waals surface area (Å²) in [4.78, 5) is 14.6. The van der Waals surface area contributed by atoms with Crippen LogP contribution in [0, 0.1) is 5.92 Å². The van der Waals surface area contributed by atoms with Crippen molar-refractivity contribution in [2.24, 2.45) is 5.92 Å². The lowest BCUT2D eigenvalue weighted by Crippen LogP contribution is -2.20. The highest BCUT2D eigenvalue weighted by Crippen LogP contribution is 2.46. The van der Waals surface area contributed by atoms with Crippen LogP contribution in [-0.4, -0.2) is 32.7 Å². The maximum absolute atomic E-state index is 10.6. The van der Waals surface area contributed by atoms with Crippen LogP contribution in [0.3, 0.4) is 0 Å². The first-order valence-electron chi connectivity index (χ1n) is 14.0. The maximum atomic E-state index is 10.6. The molecule has 6 rings (SSSR count). The number of hydrogen-bond donors (Lipinski definition) is 2. The van der Waals surface area contributed by atoms with Crippen molar-refractivity contribution >= 4 is 55.9 Å². The monoisotopic (exact) mass is 605 g/mol. The van der Waals surface area contributed by atoms with Crippen molar-refractivity contribution in [2.75, 3.05) is 5.73 Å². The predicted molar refractivity (Wildman–Crippen MR) is 162 cm³/mol. The van der Waals surface area contributed by atoms with E-state index in [0.29, 0.717) is 34.7 Å². The summed E-state index contributed by atoms with van der Waals surface area (Å²) in [5, 5.41) is 14.1. The number of halogens is 2. The van der Waals surface area contributed by atoms with Crippen LogP contribution in [-0.2, 0) is 11.3 Å². The first-order valence-corrected chi connectivity index (χ1v) is 15.7. The molecular weight excluding hydrogens is 569 g/mol. The maximum Gasteiger partial charge on any atom is 0.335 e. The fourth-order valence-corrected chi connectivity index (χ4v) is 6.74. The Labute approximate surface area is 249 Å². The molecular formula is C30H37Cl2N3O4S. The molecule has 3 aliphatic rings. The summed E-state index contributed by atoms with van der Waals surface area (Å²) in [6.45, 7) is 6.81. The summed E-state index contributed by atoms with van der Waals surface area (Å²) < 4.78 is 12.9. The van der Waals surface area contributed by atoms with Crippen LogP contribution in [0.5, 0.6) is 0 Å². The van der Waals surface area contributed by atoms with E-state index in [0.717, 1.165) is 33.7 Å². The Bertz CT molecular complexity index is 1360. The normalized spacial score (nSPS) is 23.7. The molecule has 3 N–H and O–H groups in total. The molecule has 4 atom stereocenters. The highest BCUT2D eigenvalue weighted by atomic mass is 35.5. The van der Waals surface area contributed by atoms with E-state index in [1.165, 1.54) is 49.5 Å². The Morgan fingerprint density at radius 1 is 1.25 bits per heavy atom. The number of ether oxygens (including phenoxy) is 1. The Morgan fingerprint density at radius 3 is 2.70 bits per heavy atom. The van der Waals surface area contributed by atoms with Crippen LogP contribution in [0.4, 0.5) is 5.13 Å². The Morgan fingerprint density at radius 2 is 2.02 bits per heavy atom. The number of thiazole rings is 1. The number of carboxylic acid groups (broad SMARTS) is 1. The van der Waals surface area contributed by atoms with Gasteiger partial charge in [0.1, 0.15) is 5.76 Å². The van der Waals surface area contributed by atoms with Crippen LogP contribution in [0.1, 0.15) is 98.5 Å². The molecule has 1 aromatic carbocycles. The van der Waals surface area contributed by atoms with Crippen molar-refractivity contribution in [3.05, 3.63) is 64.0 Å². The second-order valence-electron chi connectivity index (χ2n) is 10.0. The molecule has 0 radical (unpaired) electrons. The zero-order valence-electron chi connectivity index (χ0n) is 23.1. The quantitative estimate of drug-likeness (QED) is 0.259. The summed E-state index contributed by atoms with van der Waals surface area (Å²) in [7, 11) is 0. The van der Waals surface area contributed by atoms with Crippen molar-refractivity contribution in [3.63, 3.8) is 0 Å². The van der Waals surface area contributed by atoms with Gasteiger partial charge in [0.25, 0.3) is 0 Å². The highest BCUT2D eigenvalue weighted by molar-refractivity contribution is 7.22. The van der Waals surface area contributed by atoms with E-state index in [9.17, 15) is 4.79 Å². The van der Waals surface area contributed by atoms with E-state index in [1.807, 2.05) is 32.1 Å². The topological polar surface area (TPSA) is 111 Å². The molecule has 40 heavy (non-hydrogen) atoms. The van der Waals surface area contributed by atoms with Gasteiger partial charge in [0.05, 0.1) is 45.5 Å². The van der Waals surface area contributed by atoms with Gasteiger partial charge in [-0.25, -0.2) is 9.78 Å². The fourth-order valence-electron chi connectivity index (χ4n) is 5.25. The number of fused-ring (bicyclic) bond motifs is 1. The van der Waals surface area contributed by atoms with E-state index < -0.39 is 5.97 Å². The van der Waals surface area contributed by atoms with Crippen molar-refractivity contribution < 1.29 is 19.2 Å². The molecule has 2 aromatic heterocycles. The van der Waals surface area contributed by atoms with Crippen molar-refractivity contribution in [2.45, 2.75) is 89.2 Å². The number of alkyl halides is 1. The molecule has 0 aliphatic heterocycles. The number of carbonyl (C=O) groups is 1. The number of rotatable bonds is 7. The van der Waals surface area contributed by atoms with E-state index in [-0.39, 0.29) is 16.9 Å². The number of allylic oxidation sites excluding steroid dienone is 4. The third-order valence-electron chi connectivity index (χ3n) is 7.47. The smallest absolute Gasteiger partial charge is 0.335 e. The van der Waals surface area contributed by atoms with Gasteiger partial charge < -0.3 is 20.1 Å². The minimum absolute atomic E-state index is 0.145. The van der Waals surface area contributed by atoms with Crippen LogP contribution < -0.4 is 5.73 Å². The number of hydrogen-bond acceptors (Lipinski definition) is 7. The van der Waals surface area contributed by atoms with Gasteiger partial charge in [-0.15, -0.1) is 11.6 Å². The average Bonchev–Trinajstić information content (AvgIpc) is 3.36. The standard InChI is InChI=1S/C20H25Cl2NO2.C8H6N2O2S.C2H6/c1-2-12-5-3-8-17(12)24-11-14-19(23-25-20(14)13-9-10-13)18-15(21)6-4-7-16(18)22;9-8-10-5-2-1-4(7(11)12)3-6(5)13-8;1-2/h4,6-7,12-13,15,17-18H,2-3,5,8-11H2,1H3;1-3H,(H2,9,10)(H,11,12);1-2H3. The number of aromatic carboxylic acids is 1. The van der Waals surface area contributed by atoms with E-state index in [2.05, 4.69) is 17.1 Å². The number of nitrogen functional groups attached to an aromatic ring is 1. The molecule has 10 heteroatoms. The van der Waals surface area contributed by atoms with Gasteiger partial charge in [0, 0.05) is 16.5 Å². The number of aromatic nitrogens is 2. The lowest BCUT2D eigenvalue weighted by Gasteiger charge is -2.22. The third kappa shape index (κ3) is 7.08. The van der Waals surface area contributed by atoms with Crippen LogP contribution in [0.2, 0.25) is 0 Å². The predicted octanol–water partition coefficient (Wildman–Crippen LogP) is 8.63. The molecule has 0 amide bonds. The molecule has 2 saturated carbocycles.